The Balaban J connectivity index is 1.79. The van der Waals surface area contributed by atoms with Gasteiger partial charge in [0.1, 0.15) is 5.75 Å². The van der Waals surface area contributed by atoms with Gasteiger partial charge in [0.2, 0.25) is 0 Å². The van der Waals surface area contributed by atoms with Crippen molar-refractivity contribution in [2.45, 2.75) is 32.7 Å². The van der Waals surface area contributed by atoms with Crippen molar-refractivity contribution >= 4 is 5.96 Å². The average Bonchev–Trinajstić information content (AvgIpc) is 2.62. The van der Waals surface area contributed by atoms with Crippen molar-refractivity contribution in [2.75, 3.05) is 40.5 Å². The molecule has 0 saturated carbocycles. The van der Waals surface area contributed by atoms with Gasteiger partial charge in [-0.25, -0.2) is 0 Å². The molecule has 0 unspecified atom stereocenters. The van der Waals surface area contributed by atoms with Crippen molar-refractivity contribution in [1.82, 2.24) is 10.2 Å². The fourth-order valence-electron chi connectivity index (χ4n) is 2.99. The highest BCUT2D eigenvalue weighted by molar-refractivity contribution is 5.79. The smallest absolute Gasteiger partial charge is 0.193 e. The van der Waals surface area contributed by atoms with Gasteiger partial charge in [-0.2, -0.15) is 0 Å². The first-order chi connectivity index (χ1) is 11.7. The molecule has 5 heteroatoms. The van der Waals surface area contributed by atoms with E-state index < -0.39 is 0 Å². The van der Waals surface area contributed by atoms with Gasteiger partial charge in [0.05, 0.1) is 6.61 Å². The summed E-state index contributed by atoms with van der Waals surface area (Å²) in [6, 6.07) is 8.19. The number of guanidine groups is 1. The predicted octanol–water partition coefficient (Wildman–Crippen LogP) is 2.91. The molecule has 1 N–H and O–H groups in total. The van der Waals surface area contributed by atoms with Gasteiger partial charge in [-0.1, -0.05) is 12.1 Å². The maximum atomic E-state index is 5.55. The van der Waals surface area contributed by atoms with E-state index in [0.29, 0.717) is 6.61 Å². The third-order valence-electron chi connectivity index (χ3n) is 4.45. The molecule has 1 aromatic carbocycles. The predicted molar refractivity (Wildman–Crippen MR) is 98.6 cm³/mol. The molecule has 1 saturated heterocycles. The van der Waals surface area contributed by atoms with E-state index in [4.69, 9.17) is 9.47 Å². The minimum Gasteiger partial charge on any atom is -0.494 e. The third-order valence-corrected chi connectivity index (χ3v) is 4.45. The van der Waals surface area contributed by atoms with E-state index in [1.807, 2.05) is 26.1 Å². The Morgan fingerprint density at radius 2 is 2.17 bits per heavy atom. The number of benzene rings is 1. The van der Waals surface area contributed by atoms with Gasteiger partial charge in [0, 0.05) is 40.4 Å². The summed E-state index contributed by atoms with van der Waals surface area (Å²) >= 11 is 0. The first-order valence-corrected chi connectivity index (χ1v) is 8.94. The monoisotopic (exact) mass is 333 g/mol. The van der Waals surface area contributed by atoms with Gasteiger partial charge in [0.15, 0.2) is 5.96 Å². The molecule has 0 aromatic heterocycles. The quantitative estimate of drug-likeness (QED) is 0.616. The molecule has 0 spiro atoms. The lowest BCUT2D eigenvalue weighted by atomic mass is 9.96. The van der Waals surface area contributed by atoms with E-state index in [0.717, 1.165) is 43.9 Å². The lowest BCUT2D eigenvalue weighted by Crippen LogP contribution is -2.39. The Morgan fingerprint density at radius 3 is 2.88 bits per heavy atom. The van der Waals surface area contributed by atoms with Crippen molar-refractivity contribution in [3.8, 4) is 5.75 Å². The summed E-state index contributed by atoms with van der Waals surface area (Å²) < 4.78 is 11.0. The topological polar surface area (TPSA) is 46.1 Å². The first kappa shape index (κ1) is 18.6. The number of ether oxygens (including phenoxy) is 2. The van der Waals surface area contributed by atoms with Crippen LogP contribution in [0.5, 0.6) is 5.75 Å². The highest BCUT2D eigenvalue weighted by Crippen LogP contribution is 2.18. The largest absolute Gasteiger partial charge is 0.494 e. The summed E-state index contributed by atoms with van der Waals surface area (Å²) in [5.74, 6) is 2.63. The minimum absolute atomic E-state index is 0.688. The van der Waals surface area contributed by atoms with Crippen LogP contribution >= 0.6 is 0 Å². The van der Waals surface area contributed by atoms with Crippen LogP contribution in [0.4, 0.5) is 0 Å². The molecule has 24 heavy (non-hydrogen) atoms. The molecule has 5 nitrogen and oxygen atoms in total. The zero-order valence-electron chi connectivity index (χ0n) is 15.3. The SMILES string of the molecule is CCOc1cccc(CNC(=NC)N(C)CCC2CCOCC2)c1. The second kappa shape index (κ2) is 10.2. The van der Waals surface area contributed by atoms with Crippen LogP contribution in [0.15, 0.2) is 29.3 Å². The molecule has 2 rings (SSSR count). The normalized spacial score (nSPS) is 16.0. The van der Waals surface area contributed by atoms with E-state index in [1.54, 1.807) is 0 Å². The van der Waals surface area contributed by atoms with E-state index in [9.17, 15) is 0 Å². The molecular weight excluding hydrogens is 302 g/mol. The molecule has 1 aliphatic heterocycles. The Hall–Kier alpha value is -1.75. The summed E-state index contributed by atoms with van der Waals surface area (Å²) in [7, 11) is 3.94. The van der Waals surface area contributed by atoms with Crippen LogP contribution in [0.3, 0.4) is 0 Å². The molecule has 1 aliphatic rings. The molecule has 0 atom stereocenters. The molecule has 1 heterocycles. The van der Waals surface area contributed by atoms with E-state index in [2.05, 4.69) is 34.4 Å². The van der Waals surface area contributed by atoms with Crippen LogP contribution in [-0.4, -0.2) is 51.3 Å². The van der Waals surface area contributed by atoms with Gasteiger partial charge in [-0.05, 0) is 49.8 Å². The van der Waals surface area contributed by atoms with Crippen molar-refractivity contribution < 1.29 is 9.47 Å². The Labute approximate surface area is 146 Å². The van der Waals surface area contributed by atoms with Crippen LogP contribution in [0.2, 0.25) is 0 Å². The van der Waals surface area contributed by atoms with Gasteiger partial charge < -0.3 is 19.7 Å². The van der Waals surface area contributed by atoms with Gasteiger partial charge in [-0.15, -0.1) is 0 Å². The fraction of sp³-hybridized carbons (Fsp3) is 0.632. The zero-order chi connectivity index (χ0) is 17.2. The number of hydrogen-bond acceptors (Lipinski definition) is 3. The van der Waals surface area contributed by atoms with Crippen LogP contribution in [0, 0.1) is 5.92 Å². The van der Waals surface area contributed by atoms with Crippen molar-refractivity contribution in [3.63, 3.8) is 0 Å². The summed E-state index contributed by atoms with van der Waals surface area (Å²) in [5, 5.41) is 3.44. The third kappa shape index (κ3) is 6.04. The van der Waals surface area contributed by atoms with Gasteiger partial charge in [0.25, 0.3) is 0 Å². The molecule has 134 valence electrons. The lowest BCUT2D eigenvalue weighted by Gasteiger charge is -2.26. The molecule has 1 aromatic rings. The van der Waals surface area contributed by atoms with Crippen LogP contribution < -0.4 is 10.1 Å². The van der Waals surface area contributed by atoms with Crippen LogP contribution in [-0.2, 0) is 11.3 Å². The highest BCUT2D eigenvalue weighted by Gasteiger charge is 2.15. The van der Waals surface area contributed by atoms with Crippen molar-refractivity contribution in [1.29, 1.82) is 0 Å². The second-order valence-corrected chi connectivity index (χ2v) is 6.25. The van der Waals surface area contributed by atoms with E-state index >= 15 is 0 Å². The molecule has 1 fully saturated rings. The molecular formula is C19H31N3O2. The second-order valence-electron chi connectivity index (χ2n) is 6.25. The van der Waals surface area contributed by atoms with Crippen molar-refractivity contribution in [3.05, 3.63) is 29.8 Å². The summed E-state index contributed by atoms with van der Waals surface area (Å²) in [5.41, 5.74) is 1.19. The average molecular weight is 333 g/mol. The van der Waals surface area contributed by atoms with Gasteiger partial charge in [-0.3, -0.25) is 4.99 Å². The Kier molecular flexibility index (Phi) is 7.89. The summed E-state index contributed by atoms with van der Waals surface area (Å²) in [6.07, 6.45) is 3.56. The molecule has 0 amide bonds. The van der Waals surface area contributed by atoms with E-state index in [-0.39, 0.29) is 0 Å². The van der Waals surface area contributed by atoms with Gasteiger partial charge >= 0.3 is 0 Å². The van der Waals surface area contributed by atoms with Crippen LogP contribution in [0.25, 0.3) is 0 Å². The molecule has 0 bridgehead atoms. The first-order valence-electron chi connectivity index (χ1n) is 8.94. The summed E-state index contributed by atoms with van der Waals surface area (Å²) in [6.45, 7) is 6.28. The fourth-order valence-corrected chi connectivity index (χ4v) is 2.99. The lowest BCUT2D eigenvalue weighted by molar-refractivity contribution is 0.0625. The zero-order valence-corrected chi connectivity index (χ0v) is 15.3. The Bertz CT molecular complexity index is 513. The highest BCUT2D eigenvalue weighted by atomic mass is 16.5. The van der Waals surface area contributed by atoms with Crippen molar-refractivity contribution in [2.24, 2.45) is 10.9 Å². The van der Waals surface area contributed by atoms with E-state index in [1.165, 1.54) is 24.8 Å². The minimum atomic E-state index is 0.688. The number of rotatable bonds is 7. The number of nitrogens with zero attached hydrogens (tertiary/aromatic N) is 2. The maximum absolute atomic E-state index is 5.55. The maximum Gasteiger partial charge on any atom is 0.193 e. The Morgan fingerprint density at radius 1 is 1.38 bits per heavy atom. The van der Waals surface area contributed by atoms with Crippen LogP contribution in [0.1, 0.15) is 31.7 Å². The standard InChI is InChI=1S/C19H31N3O2/c1-4-24-18-7-5-6-17(14-18)15-21-19(20-2)22(3)11-8-16-9-12-23-13-10-16/h5-7,14,16H,4,8-13,15H2,1-3H3,(H,20,21). The number of nitrogens with one attached hydrogen (secondary N) is 1. The molecule has 0 radical (unpaired) electrons. The number of aliphatic imine (C=N–C) groups is 1. The number of hydrogen-bond donors (Lipinski definition) is 1. The summed E-state index contributed by atoms with van der Waals surface area (Å²) in [4.78, 5) is 6.61. The molecule has 0 aliphatic carbocycles.